The van der Waals surface area contributed by atoms with Gasteiger partial charge in [-0.25, -0.2) is 4.79 Å². The molecule has 9 heteroatoms. The molecule has 0 aliphatic heterocycles. The Morgan fingerprint density at radius 3 is 2.50 bits per heavy atom. The Bertz CT molecular complexity index is 1080. The molecular formula is C23H24N4O4S. The average Bonchev–Trinajstić information content (AvgIpc) is 3.18. The molecule has 0 atom stereocenters. The molecule has 0 fully saturated rings. The second-order valence-electron chi connectivity index (χ2n) is 6.80. The Morgan fingerprint density at radius 2 is 1.88 bits per heavy atom. The maximum Gasteiger partial charge on any atom is 0.335 e. The van der Waals surface area contributed by atoms with E-state index in [1.54, 1.807) is 18.2 Å². The van der Waals surface area contributed by atoms with Crippen molar-refractivity contribution in [3.05, 3.63) is 78.1 Å². The molecule has 0 spiro atoms. The fraction of sp³-hybridized carbons (Fsp3) is 0.217. The van der Waals surface area contributed by atoms with E-state index in [2.05, 4.69) is 29.0 Å². The molecule has 0 radical (unpaired) electrons. The van der Waals surface area contributed by atoms with E-state index in [1.165, 1.54) is 29.5 Å². The zero-order chi connectivity index (χ0) is 22.9. The molecule has 0 saturated heterocycles. The van der Waals surface area contributed by atoms with Gasteiger partial charge in [-0.05, 0) is 48.4 Å². The average molecular weight is 453 g/mol. The van der Waals surface area contributed by atoms with Crippen LogP contribution >= 0.6 is 11.8 Å². The lowest BCUT2D eigenvalue weighted by Gasteiger charge is -2.10. The van der Waals surface area contributed by atoms with Crippen LogP contribution in [0.25, 0.3) is 0 Å². The van der Waals surface area contributed by atoms with E-state index in [1.807, 2.05) is 28.8 Å². The maximum atomic E-state index is 12.3. The summed E-state index contributed by atoms with van der Waals surface area (Å²) in [5.41, 5.74) is 1.92. The summed E-state index contributed by atoms with van der Waals surface area (Å²) in [6.07, 6.45) is 2.70. The maximum absolute atomic E-state index is 12.3. The zero-order valence-electron chi connectivity index (χ0n) is 17.7. The second kappa shape index (κ2) is 11.1. The van der Waals surface area contributed by atoms with E-state index in [9.17, 15) is 9.59 Å². The first-order valence-corrected chi connectivity index (χ1v) is 11.0. The number of hydrogen-bond donors (Lipinski definition) is 2. The number of amides is 1. The zero-order valence-corrected chi connectivity index (χ0v) is 18.5. The van der Waals surface area contributed by atoms with Crippen LogP contribution in [0.1, 0.15) is 28.7 Å². The van der Waals surface area contributed by atoms with Crippen LogP contribution < -0.4 is 10.1 Å². The number of nitrogens with one attached hydrogen (secondary N) is 1. The van der Waals surface area contributed by atoms with Gasteiger partial charge in [-0.1, -0.05) is 36.9 Å². The van der Waals surface area contributed by atoms with E-state index in [0.717, 1.165) is 12.2 Å². The summed E-state index contributed by atoms with van der Waals surface area (Å²) in [6, 6.07) is 13.9. The molecule has 3 aromatic rings. The smallest absolute Gasteiger partial charge is 0.335 e. The number of aryl methyl sites for hydroxylation is 1. The number of aromatic nitrogens is 3. The minimum absolute atomic E-state index is 0.120. The summed E-state index contributed by atoms with van der Waals surface area (Å²) in [7, 11) is 0. The highest BCUT2D eigenvalue weighted by Gasteiger charge is 2.14. The fourth-order valence-corrected chi connectivity index (χ4v) is 3.60. The van der Waals surface area contributed by atoms with Gasteiger partial charge in [0.2, 0.25) is 5.91 Å². The van der Waals surface area contributed by atoms with E-state index in [4.69, 9.17) is 9.84 Å². The summed E-state index contributed by atoms with van der Waals surface area (Å²) in [5, 5.41) is 20.7. The van der Waals surface area contributed by atoms with Gasteiger partial charge in [-0.2, -0.15) is 0 Å². The number of ether oxygens (including phenoxy) is 1. The summed E-state index contributed by atoms with van der Waals surface area (Å²) in [4.78, 5) is 23.2. The van der Waals surface area contributed by atoms with E-state index in [-0.39, 0.29) is 23.8 Å². The lowest BCUT2D eigenvalue weighted by Crippen LogP contribution is -2.15. The van der Waals surface area contributed by atoms with Crippen molar-refractivity contribution in [3.8, 4) is 5.75 Å². The molecule has 2 N–H and O–H groups in total. The van der Waals surface area contributed by atoms with Gasteiger partial charge in [0.1, 0.15) is 12.4 Å². The van der Waals surface area contributed by atoms with Crippen molar-refractivity contribution < 1.29 is 19.4 Å². The van der Waals surface area contributed by atoms with Gasteiger partial charge in [0.15, 0.2) is 11.0 Å². The number of thioether (sulfide) groups is 1. The summed E-state index contributed by atoms with van der Waals surface area (Å²) < 4.78 is 7.69. The topological polar surface area (TPSA) is 106 Å². The van der Waals surface area contributed by atoms with Crippen molar-refractivity contribution in [2.75, 3.05) is 11.1 Å². The molecule has 1 heterocycles. The second-order valence-corrected chi connectivity index (χ2v) is 7.75. The van der Waals surface area contributed by atoms with Gasteiger partial charge < -0.3 is 15.2 Å². The number of allylic oxidation sites excluding steroid dienone is 1. The molecule has 1 aromatic heterocycles. The number of carboxylic acids is 1. The van der Waals surface area contributed by atoms with Gasteiger partial charge in [0.25, 0.3) is 0 Å². The molecule has 0 saturated carbocycles. The molecular weight excluding hydrogens is 428 g/mol. The number of carbonyl (C=O) groups is 2. The Kier molecular flexibility index (Phi) is 8.04. The molecule has 1 amide bonds. The molecule has 0 aliphatic rings. The highest BCUT2D eigenvalue weighted by atomic mass is 32.2. The number of hydrogen-bond acceptors (Lipinski definition) is 6. The van der Waals surface area contributed by atoms with Crippen molar-refractivity contribution >= 4 is 29.3 Å². The van der Waals surface area contributed by atoms with Crippen LogP contribution in [0.15, 0.2) is 66.3 Å². The monoisotopic (exact) mass is 452 g/mol. The normalized spacial score (nSPS) is 10.5. The van der Waals surface area contributed by atoms with E-state index >= 15 is 0 Å². The van der Waals surface area contributed by atoms with Crippen LogP contribution in [0.4, 0.5) is 5.69 Å². The highest BCUT2D eigenvalue weighted by Crippen LogP contribution is 2.20. The Morgan fingerprint density at radius 1 is 1.16 bits per heavy atom. The molecule has 8 nitrogen and oxygen atoms in total. The van der Waals surface area contributed by atoms with Crippen LogP contribution in [0.5, 0.6) is 5.75 Å². The number of benzene rings is 2. The number of carbonyl (C=O) groups excluding carboxylic acids is 1. The molecule has 2 aromatic carbocycles. The molecule has 3 rings (SSSR count). The third-order valence-electron chi connectivity index (χ3n) is 4.55. The number of carboxylic acid groups (broad SMARTS) is 1. The SMILES string of the molecule is C=CCn1c(COc2ccc(CC)cc2)nnc1SCC(=O)Nc1ccc(C(=O)O)cc1. The van der Waals surface area contributed by atoms with Crippen LogP contribution in [-0.2, 0) is 24.4 Å². The number of anilines is 1. The molecule has 0 unspecified atom stereocenters. The Labute approximate surface area is 190 Å². The molecule has 166 valence electrons. The summed E-state index contributed by atoms with van der Waals surface area (Å²) in [6.45, 7) is 6.61. The third-order valence-corrected chi connectivity index (χ3v) is 5.52. The summed E-state index contributed by atoms with van der Waals surface area (Å²) in [5.74, 6) is 0.252. The van der Waals surface area contributed by atoms with Crippen LogP contribution in [-0.4, -0.2) is 37.5 Å². The Balaban J connectivity index is 1.58. The first-order chi connectivity index (χ1) is 15.5. The van der Waals surface area contributed by atoms with Gasteiger partial charge >= 0.3 is 5.97 Å². The summed E-state index contributed by atoms with van der Waals surface area (Å²) >= 11 is 1.25. The first kappa shape index (κ1) is 23.1. The minimum Gasteiger partial charge on any atom is -0.486 e. The lowest BCUT2D eigenvalue weighted by molar-refractivity contribution is -0.113. The molecule has 32 heavy (non-hydrogen) atoms. The highest BCUT2D eigenvalue weighted by molar-refractivity contribution is 7.99. The largest absolute Gasteiger partial charge is 0.486 e. The van der Waals surface area contributed by atoms with Crippen LogP contribution in [0.3, 0.4) is 0 Å². The van der Waals surface area contributed by atoms with Gasteiger partial charge in [0, 0.05) is 12.2 Å². The quantitative estimate of drug-likeness (QED) is 0.334. The predicted octanol–water partition coefficient (Wildman–Crippen LogP) is 4.03. The van der Waals surface area contributed by atoms with Crippen molar-refractivity contribution in [1.82, 2.24) is 14.8 Å². The van der Waals surface area contributed by atoms with Crippen molar-refractivity contribution in [1.29, 1.82) is 0 Å². The van der Waals surface area contributed by atoms with Gasteiger partial charge in [0.05, 0.1) is 11.3 Å². The number of rotatable bonds is 11. The van der Waals surface area contributed by atoms with Gasteiger partial charge in [-0.3, -0.25) is 9.36 Å². The standard InChI is InChI=1S/C23H24N4O4S/c1-3-13-27-20(14-31-19-11-5-16(4-2)6-12-19)25-26-23(27)32-15-21(28)24-18-9-7-17(8-10-18)22(29)30/h3,5-12H,1,4,13-15H2,2H3,(H,24,28)(H,29,30). The number of nitrogens with zero attached hydrogens (tertiary/aromatic N) is 3. The van der Waals surface area contributed by atoms with Crippen LogP contribution in [0, 0.1) is 0 Å². The fourth-order valence-electron chi connectivity index (χ4n) is 2.84. The van der Waals surface area contributed by atoms with Crippen molar-refractivity contribution in [3.63, 3.8) is 0 Å². The van der Waals surface area contributed by atoms with Crippen LogP contribution in [0.2, 0.25) is 0 Å². The van der Waals surface area contributed by atoms with E-state index < -0.39 is 5.97 Å². The van der Waals surface area contributed by atoms with Crippen molar-refractivity contribution in [2.45, 2.75) is 31.7 Å². The number of aromatic carboxylic acids is 1. The van der Waals surface area contributed by atoms with Gasteiger partial charge in [-0.15, -0.1) is 16.8 Å². The molecule has 0 bridgehead atoms. The van der Waals surface area contributed by atoms with Crippen molar-refractivity contribution in [2.24, 2.45) is 0 Å². The predicted molar refractivity (Wildman–Crippen MR) is 123 cm³/mol. The van der Waals surface area contributed by atoms with E-state index in [0.29, 0.717) is 23.2 Å². The Hall–Kier alpha value is -3.59. The minimum atomic E-state index is -1.02. The molecule has 0 aliphatic carbocycles. The third kappa shape index (κ3) is 6.21. The lowest BCUT2D eigenvalue weighted by atomic mass is 10.2. The first-order valence-electron chi connectivity index (χ1n) is 10.0.